The summed E-state index contributed by atoms with van der Waals surface area (Å²) in [5.41, 5.74) is 0. The van der Waals surface area contributed by atoms with Crippen LogP contribution in [0.2, 0.25) is 0 Å². The Labute approximate surface area is 95.8 Å². The Morgan fingerprint density at radius 2 is 1.36 bits per heavy atom. The van der Waals surface area contributed by atoms with Gasteiger partial charge in [-0.2, -0.15) is 0 Å². The monoisotopic (exact) mass is 332 g/mol. The molecule has 0 bridgehead atoms. The van der Waals surface area contributed by atoms with E-state index < -0.39 is 0 Å². The Morgan fingerprint density at radius 1 is 1.00 bits per heavy atom. The summed E-state index contributed by atoms with van der Waals surface area (Å²) >= 11 is 12.3. The second kappa shape index (κ2) is 4.56. The quantitative estimate of drug-likeness (QED) is 0.718. The average molecular weight is 334 g/mol. The van der Waals surface area contributed by atoms with Crippen LogP contribution in [0, 0.1) is 0 Å². The van der Waals surface area contributed by atoms with Crippen molar-refractivity contribution in [3.8, 4) is 0 Å². The third-order valence-corrected chi connectivity index (χ3v) is 6.23. The molecule has 0 aliphatic carbocycles. The standard InChI is InChI=1S/C6H6Br2S3/c1-9-3-4(10-2)6(8)11-5(3)7/h1-2H3. The van der Waals surface area contributed by atoms with Crippen LogP contribution in [-0.2, 0) is 0 Å². The molecule has 11 heavy (non-hydrogen) atoms. The van der Waals surface area contributed by atoms with Crippen LogP contribution in [0.1, 0.15) is 0 Å². The molecular weight excluding hydrogens is 328 g/mol. The summed E-state index contributed by atoms with van der Waals surface area (Å²) in [6.45, 7) is 0. The molecule has 1 rings (SSSR count). The molecule has 0 saturated carbocycles. The molecular formula is C6H6Br2S3. The lowest BCUT2D eigenvalue weighted by Crippen LogP contribution is -1.68. The van der Waals surface area contributed by atoms with Gasteiger partial charge in [0.15, 0.2) is 0 Å². The summed E-state index contributed by atoms with van der Waals surface area (Å²) in [4.78, 5) is 2.68. The molecule has 0 spiro atoms. The van der Waals surface area contributed by atoms with Crippen LogP contribution in [0.3, 0.4) is 0 Å². The molecule has 1 aromatic heterocycles. The zero-order valence-corrected chi connectivity index (χ0v) is 11.6. The molecule has 0 saturated heterocycles. The van der Waals surface area contributed by atoms with Crippen LogP contribution in [0.25, 0.3) is 0 Å². The average Bonchev–Trinajstić information content (AvgIpc) is 2.24. The Hall–Kier alpha value is 1.36. The zero-order chi connectivity index (χ0) is 8.43. The number of hydrogen-bond donors (Lipinski definition) is 0. The number of hydrogen-bond acceptors (Lipinski definition) is 3. The van der Waals surface area contributed by atoms with E-state index in [1.807, 2.05) is 0 Å². The van der Waals surface area contributed by atoms with Gasteiger partial charge in [-0.25, -0.2) is 0 Å². The summed E-state index contributed by atoms with van der Waals surface area (Å²) < 4.78 is 2.45. The minimum Gasteiger partial charge on any atom is -0.126 e. The Balaban J connectivity index is 3.17. The third kappa shape index (κ3) is 2.18. The number of halogens is 2. The lowest BCUT2D eigenvalue weighted by atomic mass is 10.7. The molecule has 0 fully saturated rings. The molecule has 0 N–H and O–H groups in total. The van der Waals surface area contributed by atoms with Crippen molar-refractivity contribution in [3.63, 3.8) is 0 Å². The Kier molecular flexibility index (Phi) is 4.32. The first kappa shape index (κ1) is 10.4. The first-order chi connectivity index (χ1) is 5.20. The second-order valence-electron chi connectivity index (χ2n) is 1.72. The highest BCUT2D eigenvalue weighted by Gasteiger charge is 2.12. The van der Waals surface area contributed by atoms with Crippen LogP contribution in [0.4, 0.5) is 0 Å². The maximum absolute atomic E-state index is 3.52. The minimum atomic E-state index is 1.22. The van der Waals surface area contributed by atoms with E-state index in [4.69, 9.17) is 0 Å². The number of rotatable bonds is 2. The molecule has 0 unspecified atom stereocenters. The third-order valence-electron chi connectivity index (χ3n) is 1.15. The highest BCUT2D eigenvalue weighted by molar-refractivity contribution is 9.12. The van der Waals surface area contributed by atoms with E-state index in [9.17, 15) is 0 Å². The van der Waals surface area contributed by atoms with Gasteiger partial charge in [0.25, 0.3) is 0 Å². The lowest BCUT2D eigenvalue weighted by Gasteiger charge is -1.96. The van der Waals surface area contributed by atoms with Gasteiger partial charge < -0.3 is 0 Å². The van der Waals surface area contributed by atoms with Crippen LogP contribution < -0.4 is 0 Å². The van der Waals surface area contributed by atoms with E-state index in [-0.39, 0.29) is 0 Å². The fourth-order valence-corrected chi connectivity index (χ4v) is 6.77. The highest BCUT2D eigenvalue weighted by Crippen LogP contribution is 2.46. The van der Waals surface area contributed by atoms with Crippen LogP contribution in [0.15, 0.2) is 17.4 Å². The maximum Gasteiger partial charge on any atom is 0.0857 e. The van der Waals surface area contributed by atoms with Crippen LogP contribution in [-0.4, -0.2) is 12.5 Å². The molecule has 62 valence electrons. The normalized spacial score (nSPS) is 10.5. The predicted molar refractivity (Wildman–Crippen MR) is 63.3 cm³/mol. The van der Waals surface area contributed by atoms with Crippen molar-refractivity contribution in [3.05, 3.63) is 7.57 Å². The first-order valence-corrected chi connectivity index (χ1v) is 7.61. The van der Waals surface area contributed by atoms with E-state index >= 15 is 0 Å². The molecule has 1 heterocycles. The van der Waals surface area contributed by atoms with Crippen molar-refractivity contribution in [2.45, 2.75) is 9.79 Å². The lowest BCUT2D eigenvalue weighted by molar-refractivity contribution is 1.30. The first-order valence-electron chi connectivity index (χ1n) is 2.76. The van der Waals surface area contributed by atoms with Gasteiger partial charge in [-0.1, -0.05) is 0 Å². The fraction of sp³-hybridized carbons (Fsp3) is 0.333. The number of thiophene rings is 1. The molecule has 1 aromatic rings. The zero-order valence-electron chi connectivity index (χ0n) is 5.98. The largest absolute Gasteiger partial charge is 0.126 e. The minimum absolute atomic E-state index is 1.22. The van der Waals surface area contributed by atoms with Gasteiger partial charge in [0.2, 0.25) is 0 Å². The van der Waals surface area contributed by atoms with Crippen molar-refractivity contribution >= 4 is 66.7 Å². The van der Waals surface area contributed by atoms with Gasteiger partial charge in [0.1, 0.15) is 0 Å². The molecule has 0 aliphatic heterocycles. The molecule has 0 atom stereocenters. The summed E-state index contributed by atoms with van der Waals surface area (Å²) in [5, 5.41) is 0. The van der Waals surface area contributed by atoms with Gasteiger partial charge in [-0.15, -0.1) is 34.9 Å². The van der Waals surface area contributed by atoms with Crippen molar-refractivity contribution in [1.82, 2.24) is 0 Å². The SMILES string of the molecule is CSc1c(Br)sc(Br)c1SC. The van der Waals surface area contributed by atoms with E-state index in [0.717, 1.165) is 0 Å². The Bertz CT molecular complexity index is 232. The maximum atomic E-state index is 3.52. The Morgan fingerprint density at radius 3 is 1.64 bits per heavy atom. The summed E-state index contributed by atoms with van der Waals surface area (Å²) in [6.07, 6.45) is 4.19. The molecule has 0 aromatic carbocycles. The van der Waals surface area contributed by atoms with Crippen LogP contribution in [0.5, 0.6) is 0 Å². The van der Waals surface area contributed by atoms with Gasteiger partial charge in [0.05, 0.1) is 7.57 Å². The molecule has 0 amide bonds. The van der Waals surface area contributed by atoms with Crippen LogP contribution >= 0.6 is 66.7 Å². The van der Waals surface area contributed by atoms with Gasteiger partial charge in [-0.3, -0.25) is 0 Å². The number of thioether (sulfide) groups is 2. The van der Waals surface area contributed by atoms with Gasteiger partial charge in [-0.05, 0) is 44.4 Å². The molecule has 0 radical (unpaired) electrons. The highest BCUT2D eigenvalue weighted by atomic mass is 79.9. The van der Waals surface area contributed by atoms with E-state index in [0.29, 0.717) is 0 Å². The predicted octanol–water partition coefficient (Wildman–Crippen LogP) is 4.72. The van der Waals surface area contributed by atoms with Crippen molar-refractivity contribution in [2.24, 2.45) is 0 Å². The molecule has 5 heteroatoms. The van der Waals surface area contributed by atoms with E-state index in [1.54, 1.807) is 34.9 Å². The van der Waals surface area contributed by atoms with E-state index in [1.165, 1.54) is 17.4 Å². The summed E-state index contributed by atoms with van der Waals surface area (Å²) in [5.74, 6) is 0. The summed E-state index contributed by atoms with van der Waals surface area (Å²) in [7, 11) is 0. The van der Waals surface area contributed by atoms with Crippen molar-refractivity contribution in [1.29, 1.82) is 0 Å². The molecule has 0 aliphatic rings. The topological polar surface area (TPSA) is 0 Å². The summed E-state index contributed by atoms with van der Waals surface area (Å²) in [6, 6.07) is 0. The second-order valence-corrected chi connectivity index (χ2v) is 7.01. The smallest absolute Gasteiger partial charge is 0.0857 e. The van der Waals surface area contributed by atoms with Gasteiger partial charge in [0, 0.05) is 9.79 Å². The van der Waals surface area contributed by atoms with Crippen molar-refractivity contribution in [2.75, 3.05) is 12.5 Å². The fourth-order valence-electron chi connectivity index (χ4n) is 0.696. The molecule has 0 nitrogen and oxygen atoms in total. The van der Waals surface area contributed by atoms with Gasteiger partial charge >= 0.3 is 0 Å². The van der Waals surface area contributed by atoms with E-state index in [2.05, 4.69) is 44.4 Å². The van der Waals surface area contributed by atoms with Crippen molar-refractivity contribution < 1.29 is 0 Å².